The zero-order valence-corrected chi connectivity index (χ0v) is 53.2. The second kappa shape index (κ2) is 67.7. The molecule has 0 amide bonds. The van der Waals surface area contributed by atoms with Gasteiger partial charge in [0.05, 0.1) is 0 Å². The number of carbonyl (C=O) groups is 3. The summed E-state index contributed by atoms with van der Waals surface area (Å²) in [5, 5.41) is 0. The highest BCUT2D eigenvalue weighted by Gasteiger charge is 2.19. The molecule has 0 bridgehead atoms. The fourth-order valence-electron chi connectivity index (χ4n) is 11.2. The van der Waals surface area contributed by atoms with Crippen LogP contribution >= 0.6 is 0 Å². The molecule has 0 saturated carbocycles. The van der Waals surface area contributed by atoms with Crippen LogP contribution in [0.5, 0.6) is 0 Å². The summed E-state index contributed by atoms with van der Waals surface area (Å²) in [5.41, 5.74) is 0. The summed E-state index contributed by atoms with van der Waals surface area (Å²) in [4.78, 5) is 38.5. The number of esters is 3. The monoisotopic (exact) mass is 1100 g/mol. The van der Waals surface area contributed by atoms with Crippen LogP contribution in [0.15, 0.2) is 12.2 Å². The average Bonchev–Trinajstić information content (AvgIpc) is 3.44. The van der Waals surface area contributed by atoms with Gasteiger partial charge in [0.1, 0.15) is 13.2 Å². The van der Waals surface area contributed by atoms with Crippen molar-refractivity contribution >= 4 is 17.9 Å². The van der Waals surface area contributed by atoms with Crippen molar-refractivity contribution in [1.29, 1.82) is 0 Å². The Labute approximate surface area is 488 Å². The van der Waals surface area contributed by atoms with Gasteiger partial charge in [0.2, 0.25) is 0 Å². The molecule has 0 aliphatic heterocycles. The second-order valence-corrected chi connectivity index (χ2v) is 24.5. The van der Waals surface area contributed by atoms with Gasteiger partial charge >= 0.3 is 17.9 Å². The van der Waals surface area contributed by atoms with Gasteiger partial charge in [-0.3, -0.25) is 14.4 Å². The smallest absolute Gasteiger partial charge is 0.306 e. The second-order valence-electron chi connectivity index (χ2n) is 24.5. The summed E-state index contributed by atoms with van der Waals surface area (Å²) in [7, 11) is 0. The first-order valence-electron chi connectivity index (χ1n) is 35.7. The summed E-state index contributed by atoms with van der Waals surface area (Å²) in [5.74, 6) is -0.831. The van der Waals surface area contributed by atoms with E-state index in [2.05, 4.69) is 32.9 Å². The molecule has 6 heteroatoms. The Kier molecular flexibility index (Phi) is 66.0. The minimum absolute atomic E-state index is 0.0641. The molecule has 1 atom stereocenters. The molecule has 0 spiro atoms. The fraction of sp³-hybridized carbons (Fsp3) is 0.931. The number of unbranched alkanes of at least 4 members (excludes halogenated alkanes) is 54. The van der Waals surface area contributed by atoms with Crippen molar-refractivity contribution in [2.75, 3.05) is 13.2 Å². The summed E-state index contributed by atoms with van der Waals surface area (Å²) in [6.45, 7) is 6.73. The molecule has 0 fully saturated rings. The highest BCUT2D eigenvalue weighted by atomic mass is 16.6. The predicted molar refractivity (Wildman–Crippen MR) is 340 cm³/mol. The van der Waals surface area contributed by atoms with Gasteiger partial charge in [0.15, 0.2) is 6.10 Å². The van der Waals surface area contributed by atoms with Crippen molar-refractivity contribution in [3.05, 3.63) is 12.2 Å². The van der Waals surface area contributed by atoms with Gasteiger partial charge in [-0.25, -0.2) is 0 Å². The van der Waals surface area contributed by atoms with E-state index >= 15 is 0 Å². The number of hydrogen-bond acceptors (Lipinski definition) is 6. The maximum absolute atomic E-state index is 13.0. The molecule has 0 rings (SSSR count). The minimum atomic E-state index is -0.768. The van der Waals surface area contributed by atoms with Crippen LogP contribution in [0.3, 0.4) is 0 Å². The molecule has 78 heavy (non-hydrogen) atoms. The van der Waals surface area contributed by atoms with Crippen molar-refractivity contribution in [3.63, 3.8) is 0 Å². The molecule has 0 aromatic rings. The zero-order valence-electron chi connectivity index (χ0n) is 53.2. The van der Waals surface area contributed by atoms with E-state index in [4.69, 9.17) is 14.2 Å². The average molecular weight is 1100 g/mol. The number of carbonyl (C=O) groups excluding carboxylic acids is 3. The Hall–Kier alpha value is -1.85. The first-order chi connectivity index (χ1) is 38.5. The SMILES string of the molecule is CCCCCCCC/C=C\CCCCCCCCCC(=O)OCC(COC(=O)CCCCCCCCCCCCCCCCCCCCCCCCCC)OC(=O)CCCCCCCCCCCCCCCCCCCCC. The summed E-state index contributed by atoms with van der Waals surface area (Å²) in [6, 6.07) is 0. The lowest BCUT2D eigenvalue weighted by atomic mass is 10.0. The summed E-state index contributed by atoms with van der Waals surface area (Å²) in [6.07, 6.45) is 81.0. The number of allylic oxidation sites excluding steroid dienone is 2. The maximum atomic E-state index is 13.0. The van der Waals surface area contributed by atoms with Crippen LogP contribution in [0, 0.1) is 0 Å². The molecule has 0 radical (unpaired) electrons. The Bertz CT molecular complexity index is 1210. The van der Waals surface area contributed by atoms with Crippen LogP contribution in [-0.2, 0) is 28.6 Å². The molecule has 0 aromatic carbocycles. The first-order valence-corrected chi connectivity index (χ1v) is 35.7. The molecule has 0 N–H and O–H groups in total. The lowest BCUT2D eigenvalue weighted by molar-refractivity contribution is -0.167. The van der Waals surface area contributed by atoms with Gasteiger partial charge in [-0.05, 0) is 44.9 Å². The van der Waals surface area contributed by atoms with Crippen LogP contribution < -0.4 is 0 Å². The molecule has 0 heterocycles. The molecule has 6 nitrogen and oxygen atoms in total. The van der Waals surface area contributed by atoms with Crippen molar-refractivity contribution in [2.24, 2.45) is 0 Å². The van der Waals surface area contributed by atoms with Crippen LogP contribution in [0.4, 0.5) is 0 Å². The fourth-order valence-corrected chi connectivity index (χ4v) is 11.2. The van der Waals surface area contributed by atoms with Crippen LogP contribution in [0.25, 0.3) is 0 Å². The number of ether oxygens (including phenoxy) is 3. The highest BCUT2D eigenvalue weighted by molar-refractivity contribution is 5.71. The normalized spacial score (nSPS) is 12.0. The molecular formula is C72H138O6. The molecule has 0 aliphatic carbocycles. The van der Waals surface area contributed by atoms with E-state index in [0.717, 1.165) is 57.8 Å². The van der Waals surface area contributed by atoms with Crippen LogP contribution in [0.2, 0.25) is 0 Å². The van der Waals surface area contributed by atoms with Crippen molar-refractivity contribution in [2.45, 2.75) is 419 Å². The zero-order chi connectivity index (χ0) is 56.4. The van der Waals surface area contributed by atoms with E-state index in [1.54, 1.807) is 0 Å². The highest BCUT2D eigenvalue weighted by Crippen LogP contribution is 2.19. The molecule has 1 unspecified atom stereocenters. The van der Waals surface area contributed by atoms with E-state index in [9.17, 15) is 14.4 Å². The van der Waals surface area contributed by atoms with Crippen molar-refractivity contribution < 1.29 is 28.6 Å². The Morgan fingerprint density at radius 1 is 0.244 bits per heavy atom. The van der Waals surface area contributed by atoms with Gasteiger partial charge in [-0.2, -0.15) is 0 Å². The largest absolute Gasteiger partial charge is 0.462 e. The third-order valence-electron chi connectivity index (χ3n) is 16.5. The molecule has 0 saturated heterocycles. The summed E-state index contributed by atoms with van der Waals surface area (Å²) >= 11 is 0. The van der Waals surface area contributed by atoms with E-state index in [0.29, 0.717) is 19.3 Å². The molecule has 462 valence electrons. The molecular weight excluding hydrogens is 961 g/mol. The lowest BCUT2D eigenvalue weighted by Gasteiger charge is -2.18. The minimum Gasteiger partial charge on any atom is -0.462 e. The summed E-state index contributed by atoms with van der Waals surface area (Å²) < 4.78 is 17.0. The Morgan fingerprint density at radius 3 is 0.641 bits per heavy atom. The molecule has 0 aliphatic rings. The predicted octanol–water partition coefficient (Wildman–Crippen LogP) is 24.4. The van der Waals surface area contributed by atoms with E-state index in [-0.39, 0.29) is 31.1 Å². The van der Waals surface area contributed by atoms with E-state index < -0.39 is 6.10 Å². The standard InChI is InChI=1S/C72H138O6/c1-4-7-10-13-16-19-22-25-28-31-33-34-35-36-37-39-41-44-47-50-53-56-59-62-65-71(74)77-68-69(67-76-70(73)64-61-58-55-52-49-46-43-40-30-27-24-21-18-15-12-9-6-3)78-72(75)66-63-60-57-54-51-48-45-42-38-32-29-26-23-20-17-14-11-8-5-2/h27,30,69H,4-26,28-29,31-68H2,1-3H3/b30-27-. The lowest BCUT2D eigenvalue weighted by Crippen LogP contribution is -2.30. The Balaban J connectivity index is 4.26. The van der Waals surface area contributed by atoms with Gasteiger partial charge in [0, 0.05) is 19.3 Å². The first kappa shape index (κ1) is 76.1. The Morgan fingerprint density at radius 2 is 0.423 bits per heavy atom. The number of hydrogen-bond donors (Lipinski definition) is 0. The van der Waals surface area contributed by atoms with Gasteiger partial charge in [0.25, 0.3) is 0 Å². The van der Waals surface area contributed by atoms with E-state index in [1.165, 1.54) is 315 Å². The third-order valence-corrected chi connectivity index (χ3v) is 16.5. The van der Waals surface area contributed by atoms with Crippen molar-refractivity contribution in [3.8, 4) is 0 Å². The maximum Gasteiger partial charge on any atom is 0.306 e. The van der Waals surface area contributed by atoms with Crippen molar-refractivity contribution in [1.82, 2.24) is 0 Å². The third kappa shape index (κ3) is 65.0. The van der Waals surface area contributed by atoms with Gasteiger partial charge in [-0.1, -0.05) is 360 Å². The topological polar surface area (TPSA) is 78.9 Å². The van der Waals surface area contributed by atoms with Gasteiger partial charge < -0.3 is 14.2 Å². The quantitative estimate of drug-likeness (QED) is 0.0261. The van der Waals surface area contributed by atoms with E-state index in [1.807, 2.05) is 0 Å². The van der Waals surface area contributed by atoms with Crippen LogP contribution in [-0.4, -0.2) is 37.2 Å². The van der Waals surface area contributed by atoms with Crippen LogP contribution in [0.1, 0.15) is 412 Å². The number of rotatable bonds is 67. The molecule has 0 aromatic heterocycles. The van der Waals surface area contributed by atoms with Gasteiger partial charge in [-0.15, -0.1) is 0 Å².